The summed E-state index contributed by atoms with van der Waals surface area (Å²) in [6.45, 7) is 19.6. The highest BCUT2D eigenvalue weighted by Crippen LogP contribution is 2.61. The second kappa shape index (κ2) is 22.9. The fourth-order valence-electron chi connectivity index (χ4n) is 14.9. The highest BCUT2D eigenvalue weighted by Gasteiger charge is 2.63. The summed E-state index contributed by atoms with van der Waals surface area (Å²) in [5, 5.41) is 40.4. The Morgan fingerprint density at radius 2 is 1.08 bits per heavy atom. The van der Waals surface area contributed by atoms with Crippen molar-refractivity contribution in [3.05, 3.63) is 165 Å². The first kappa shape index (κ1) is 61.2. The van der Waals surface area contributed by atoms with Gasteiger partial charge in [0, 0.05) is 65.5 Å². The minimum Gasteiger partial charge on any atom is -0.469 e. The standard InChI is InChI=1S/C36H41N5O5.C36H40N4O5/c1-7-35(44,8-2)28(42)18-22-16-21-13-14-27-24(17-21)36(23-11-9-10-12-25(23)37-34(36)45-27)31-30(26-15-20(5)40-41(26)6)39-33(46-31)29(19(3)4)38-32(22)43;1-6-35(43,7-2)28(41)17-22-15-21-12-13-27-25(16-21)36(24-10-8-9-11-26(24)38-34(36)44-27)31-30(23-14-20(5)37-18-23)40-33(45-31)29(19(3)4)39-32(22)42/h9-15,17,19,22,29,34,37,44H,7-8,16,18H2,1-6H3,(H,38,43);8-14,16,19,22,29,34,38,43H,6-7,15,17-18H2,1-5H3,(H,39,42)/t2*22?,29-,34-,36?/m00/s1. The number of fused-ring (bicyclic) bond motifs is 8. The third-order valence-electron chi connectivity index (χ3n) is 20.3. The number of anilines is 2. The molecule has 91 heavy (non-hydrogen) atoms. The average Bonchev–Trinajstić information content (AvgIpc) is 1.53. The van der Waals surface area contributed by atoms with Crippen LogP contribution in [0.3, 0.4) is 0 Å². The number of aliphatic imine (C=N–C) groups is 1. The van der Waals surface area contributed by atoms with Gasteiger partial charge in [-0.3, -0.25) is 28.9 Å². The van der Waals surface area contributed by atoms with E-state index in [1.165, 1.54) is 0 Å². The molecule has 0 saturated carbocycles. The van der Waals surface area contributed by atoms with Crippen molar-refractivity contribution < 1.29 is 47.7 Å². The number of carbonyl (C=O) groups excluding carboxylic acids is 4. The Kier molecular flexibility index (Phi) is 15.4. The molecule has 10 heterocycles. The summed E-state index contributed by atoms with van der Waals surface area (Å²) in [5.74, 6) is 0.724. The molecule has 6 N–H and O–H groups in total. The van der Waals surface area contributed by atoms with E-state index in [9.17, 15) is 29.4 Å². The molecular weight excluding hydrogens is 1150 g/mol. The number of aliphatic hydroxyl groups is 2. The van der Waals surface area contributed by atoms with Crippen LogP contribution in [0.1, 0.15) is 181 Å². The lowest BCUT2D eigenvalue weighted by Crippen LogP contribution is -2.43. The van der Waals surface area contributed by atoms with Crippen LogP contribution in [0.4, 0.5) is 11.4 Å². The number of carbonyl (C=O) groups is 4. The van der Waals surface area contributed by atoms with Gasteiger partial charge in [-0.15, -0.1) is 0 Å². The van der Waals surface area contributed by atoms with Gasteiger partial charge in [-0.2, -0.15) is 5.10 Å². The number of aryl methyl sites for hydroxylation is 2. The fourth-order valence-corrected chi connectivity index (χ4v) is 14.9. The molecule has 14 rings (SSSR count). The minimum atomic E-state index is -1.47. The molecule has 7 aliphatic rings. The molecule has 0 aliphatic carbocycles. The van der Waals surface area contributed by atoms with Gasteiger partial charge in [0.05, 0.1) is 17.9 Å². The van der Waals surface area contributed by atoms with Crippen LogP contribution in [0, 0.1) is 30.6 Å². The van der Waals surface area contributed by atoms with Crippen LogP contribution in [-0.2, 0) is 49.9 Å². The molecule has 8 atom stereocenters. The number of allylic oxidation sites excluding steroid dienone is 1. The number of benzene rings is 4. The maximum atomic E-state index is 14.1. The Balaban J connectivity index is 0.000000167. The number of nitrogens with zero attached hydrogens (tertiary/aromatic N) is 5. The Labute approximate surface area is 529 Å². The van der Waals surface area contributed by atoms with Crippen LogP contribution >= 0.6 is 0 Å². The first-order chi connectivity index (χ1) is 43.6. The number of amides is 2. The Morgan fingerprint density at radius 1 is 0.626 bits per heavy atom. The molecule has 19 nitrogen and oxygen atoms in total. The van der Waals surface area contributed by atoms with E-state index >= 15 is 0 Å². The molecule has 474 valence electrons. The normalized spacial score (nSPS) is 24.0. The van der Waals surface area contributed by atoms with Gasteiger partial charge in [-0.25, -0.2) is 9.97 Å². The number of Topliss-reactive ketones (excluding diaryl/α,β-unsaturated/α-hetero) is 2. The topological polar surface area (TPSA) is 258 Å². The summed E-state index contributed by atoms with van der Waals surface area (Å²) < 4.78 is 29.0. The molecule has 8 bridgehead atoms. The Bertz CT molecular complexity index is 4140. The zero-order chi connectivity index (χ0) is 64.2. The highest BCUT2D eigenvalue weighted by atomic mass is 16.5. The molecule has 4 aromatic carbocycles. The molecule has 7 aromatic rings. The number of para-hydroxylation sites is 2. The third kappa shape index (κ3) is 9.81. The van der Waals surface area contributed by atoms with Gasteiger partial charge in [0.2, 0.25) is 23.6 Å². The third-order valence-corrected chi connectivity index (χ3v) is 20.3. The number of rotatable bonds is 14. The maximum absolute atomic E-state index is 14.1. The van der Waals surface area contributed by atoms with Crippen molar-refractivity contribution in [1.29, 1.82) is 0 Å². The van der Waals surface area contributed by atoms with E-state index in [0.29, 0.717) is 72.7 Å². The van der Waals surface area contributed by atoms with E-state index in [1.807, 2.05) is 121 Å². The van der Waals surface area contributed by atoms with Crippen molar-refractivity contribution in [3.8, 4) is 22.9 Å². The van der Waals surface area contributed by atoms with Crippen LogP contribution in [0.15, 0.2) is 111 Å². The monoisotopic (exact) mass is 1230 g/mol. The summed E-state index contributed by atoms with van der Waals surface area (Å²) in [7, 11) is 1.89. The first-order valence-corrected chi connectivity index (χ1v) is 32.3. The molecular formula is C72H81N9O10. The average molecular weight is 1230 g/mol. The van der Waals surface area contributed by atoms with Gasteiger partial charge >= 0.3 is 0 Å². The molecule has 2 amide bonds. The molecule has 0 fully saturated rings. The lowest BCUT2D eigenvalue weighted by molar-refractivity contribution is -0.142. The fraction of sp³-hybridized carbons (Fsp3) is 0.444. The van der Waals surface area contributed by atoms with Gasteiger partial charge in [0.1, 0.15) is 57.0 Å². The summed E-state index contributed by atoms with van der Waals surface area (Å²) >= 11 is 0. The van der Waals surface area contributed by atoms with Crippen molar-refractivity contribution in [3.63, 3.8) is 0 Å². The van der Waals surface area contributed by atoms with Crippen molar-refractivity contribution in [2.75, 3.05) is 17.2 Å². The van der Waals surface area contributed by atoms with Crippen LogP contribution in [0.25, 0.3) is 17.0 Å². The van der Waals surface area contributed by atoms with Crippen molar-refractivity contribution >= 4 is 46.0 Å². The maximum Gasteiger partial charge on any atom is 0.224 e. The molecule has 3 aromatic heterocycles. The van der Waals surface area contributed by atoms with Crippen LogP contribution < -0.4 is 30.7 Å². The van der Waals surface area contributed by atoms with E-state index < -0.39 is 58.4 Å². The second-order valence-corrected chi connectivity index (χ2v) is 26.5. The number of nitrogens with one attached hydrogen (secondary N) is 4. The molecule has 4 unspecified atom stereocenters. The van der Waals surface area contributed by atoms with Gasteiger partial charge in [-0.05, 0) is 123 Å². The molecule has 7 aliphatic heterocycles. The smallest absolute Gasteiger partial charge is 0.224 e. The molecule has 0 radical (unpaired) electrons. The van der Waals surface area contributed by atoms with Gasteiger partial charge in [0.25, 0.3) is 0 Å². The summed E-state index contributed by atoms with van der Waals surface area (Å²) in [6, 6.07) is 29.2. The van der Waals surface area contributed by atoms with Gasteiger partial charge in [-0.1, -0.05) is 116 Å². The largest absolute Gasteiger partial charge is 0.469 e. The van der Waals surface area contributed by atoms with Crippen molar-refractivity contribution in [2.45, 2.75) is 167 Å². The number of hydrogen-bond acceptors (Lipinski definition) is 16. The van der Waals surface area contributed by atoms with E-state index in [1.54, 1.807) is 32.4 Å². The lowest BCUT2D eigenvalue weighted by Gasteiger charge is -2.29. The highest BCUT2D eigenvalue weighted by molar-refractivity contribution is 6.03. The van der Waals surface area contributed by atoms with Gasteiger partial charge < -0.3 is 49.8 Å². The quantitative estimate of drug-likeness (QED) is 0.0592. The molecule has 2 spiro atoms. The lowest BCUT2D eigenvalue weighted by atomic mass is 9.72. The Hall–Kier alpha value is -8.68. The summed E-state index contributed by atoms with van der Waals surface area (Å²) in [5.41, 5.74) is 7.67. The molecule has 0 saturated heterocycles. The number of ether oxygens (including phenoxy) is 2. The van der Waals surface area contributed by atoms with Crippen molar-refractivity contribution in [1.82, 2.24) is 30.4 Å². The SMILES string of the molecule is CCC(O)(CC)C(=O)CC1Cc2ccc3c(c2)C2(c4ccccc4N[C@H]2O3)c2oc(nc2-c2cc(C)nn2C)[C@H](C(C)C)NC1=O.CCC(O)(CC)C(=O)CC1Cc2ccc3c(c2)C2(c4ccccc4N[C@H]2O3)c2oc(nc2C2=CC(C)=NC2)[C@H](C(C)C)NC1=O. The predicted molar refractivity (Wildman–Crippen MR) is 344 cm³/mol. The number of ketones is 2. The van der Waals surface area contributed by atoms with E-state index in [2.05, 4.69) is 55.6 Å². The van der Waals surface area contributed by atoms with E-state index in [0.717, 1.165) is 73.2 Å². The minimum absolute atomic E-state index is 0.0677. The number of aromatic nitrogens is 4. The molecule has 19 heteroatoms. The zero-order valence-corrected chi connectivity index (χ0v) is 53.6. The van der Waals surface area contributed by atoms with E-state index in [-0.39, 0.29) is 60.9 Å². The first-order valence-electron chi connectivity index (χ1n) is 32.3. The number of oxazole rings is 2. The summed E-state index contributed by atoms with van der Waals surface area (Å²) in [4.78, 5) is 70.1. The van der Waals surface area contributed by atoms with Crippen molar-refractivity contribution in [2.24, 2.45) is 35.7 Å². The van der Waals surface area contributed by atoms with E-state index in [4.69, 9.17) is 28.3 Å². The second-order valence-electron chi connectivity index (χ2n) is 26.5. The number of hydrogen-bond donors (Lipinski definition) is 6. The zero-order valence-electron chi connectivity index (χ0n) is 53.6. The van der Waals surface area contributed by atoms with Crippen LogP contribution in [0.5, 0.6) is 11.5 Å². The summed E-state index contributed by atoms with van der Waals surface area (Å²) in [6.07, 6.45) is 2.67. The predicted octanol–water partition coefficient (Wildman–Crippen LogP) is 10.9. The van der Waals surface area contributed by atoms with Gasteiger partial charge in [0.15, 0.2) is 35.5 Å². The van der Waals surface area contributed by atoms with Crippen LogP contribution in [-0.4, -0.2) is 89.3 Å². The van der Waals surface area contributed by atoms with Crippen LogP contribution in [0.2, 0.25) is 0 Å². The Morgan fingerprint density at radius 3 is 1.49 bits per heavy atom.